The van der Waals surface area contributed by atoms with Gasteiger partial charge in [0.05, 0.1) is 13.2 Å². The van der Waals surface area contributed by atoms with Crippen LogP contribution in [0, 0.1) is 0 Å². The van der Waals surface area contributed by atoms with Gasteiger partial charge in [-0.1, -0.05) is 113 Å². The number of allylic oxidation sites excluding steroid dienone is 10. The second-order valence-electron chi connectivity index (χ2n) is 12.4. The van der Waals surface area contributed by atoms with Crippen LogP contribution in [0.4, 0.5) is 0 Å². The van der Waals surface area contributed by atoms with Gasteiger partial charge >= 0.3 is 11.9 Å². The molecule has 49 heavy (non-hydrogen) atoms. The number of aliphatic hydroxyl groups is 4. The maximum absolute atomic E-state index is 12.7. The minimum absolute atomic E-state index is 0.198. The Hall–Kier alpha value is -2.60. The fraction of sp³-hybridized carbons (Fsp3) is 0.692. The van der Waals surface area contributed by atoms with Crippen LogP contribution in [0.15, 0.2) is 60.8 Å². The largest absolute Gasteiger partial charge is 0.462 e. The third-order valence-corrected chi connectivity index (χ3v) is 7.98. The zero-order chi connectivity index (χ0) is 36.0. The second kappa shape index (κ2) is 30.2. The number of aliphatic hydroxyl groups excluding tert-OH is 4. The SMILES string of the molecule is CC/C=C/C=C/C=C/CCCCCCCC(=O)OC(COC(=O)CCCCC/C=C/C=C/CCCC)CO[C@@H]1O[C@H](CO)[C@H](O)C(O)C1O. The molecule has 4 N–H and O–H groups in total. The van der Waals surface area contributed by atoms with E-state index in [1.807, 2.05) is 18.2 Å². The van der Waals surface area contributed by atoms with Crippen molar-refractivity contribution < 1.29 is 49.0 Å². The molecule has 1 rings (SSSR count). The normalized spacial score (nSPS) is 22.3. The monoisotopic (exact) mass is 692 g/mol. The quantitative estimate of drug-likeness (QED) is 0.0417. The van der Waals surface area contributed by atoms with Gasteiger partial charge in [0.1, 0.15) is 31.0 Å². The number of carbonyl (C=O) groups is 2. The van der Waals surface area contributed by atoms with E-state index in [1.54, 1.807) is 0 Å². The van der Waals surface area contributed by atoms with Crippen LogP contribution in [0.1, 0.15) is 117 Å². The summed E-state index contributed by atoms with van der Waals surface area (Å²) in [5, 5.41) is 39.8. The van der Waals surface area contributed by atoms with Crippen LogP contribution in [0.5, 0.6) is 0 Å². The van der Waals surface area contributed by atoms with Crippen molar-refractivity contribution in [1.82, 2.24) is 0 Å². The summed E-state index contributed by atoms with van der Waals surface area (Å²) < 4.78 is 22.0. The van der Waals surface area contributed by atoms with E-state index >= 15 is 0 Å². The van der Waals surface area contributed by atoms with E-state index in [-0.39, 0.29) is 26.1 Å². The Kier molecular flexibility index (Phi) is 27.4. The van der Waals surface area contributed by atoms with Crippen LogP contribution >= 0.6 is 0 Å². The van der Waals surface area contributed by atoms with E-state index in [9.17, 15) is 30.0 Å². The van der Waals surface area contributed by atoms with Crippen LogP contribution in [0.2, 0.25) is 0 Å². The maximum atomic E-state index is 12.7. The van der Waals surface area contributed by atoms with Gasteiger partial charge in [-0.15, -0.1) is 0 Å². The topological polar surface area (TPSA) is 152 Å². The minimum atomic E-state index is -1.60. The van der Waals surface area contributed by atoms with Gasteiger partial charge in [-0.25, -0.2) is 0 Å². The van der Waals surface area contributed by atoms with Gasteiger partial charge in [0, 0.05) is 12.8 Å². The van der Waals surface area contributed by atoms with Crippen molar-refractivity contribution in [2.45, 2.75) is 153 Å². The number of ether oxygens (including phenoxy) is 4. The molecule has 0 amide bonds. The summed E-state index contributed by atoms with van der Waals surface area (Å²) in [5.74, 6) is -0.874. The van der Waals surface area contributed by atoms with Crippen molar-refractivity contribution in [2.24, 2.45) is 0 Å². The first-order valence-electron chi connectivity index (χ1n) is 18.4. The molecule has 3 unspecified atom stereocenters. The van der Waals surface area contributed by atoms with Crippen LogP contribution in [0.3, 0.4) is 0 Å². The lowest BCUT2D eigenvalue weighted by Gasteiger charge is -2.39. The molecule has 0 aliphatic carbocycles. The van der Waals surface area contributed by atoms with Crippen molar-refractivity contribution in [1.29, 1.82) is 0 Å². The smallest absolute Gasteiger partial charge is 0.306 e. The lowest BCUT2D eigenvalue weighted by Crippen LogP contribution is -2.59. The van der Waals surface area contributed by atoms with Gasteiger partial charge in [0.15, 0.2) is 12.4 Å². The molecule has 1 aliphatic rings. The molecular formula is C39H64O10. The highest BCUT2D eigenvalue weighted by Crippen LogP contribution is 2.22. The molecule has 0 aromatic heterocycles. The minimum Gasteiger partial charge on any atom is -0.462 e. The first-order chi connectivity index (χ1) is 23.8. The van der Waals surface area contributed by atoms with Gasteiger partial charge < -0.3 is 39.4 Å². The first kappa shape index (κ1) is 44.4. The fourth-order valence-electron chi connectivity index (χ4n) is 4.99. The molecule has 1 saturated heterocycles. The molecule has 1 aliphatic heterocycles. The molecule has 10 heteroatoms. The highest BCUT2D eigenvalue weighted by Gasteiger charge is 2.44. The van der Waals surface area contributed by atoms with Crippen molar-refractivity contribution in [3.05, 3.63) is 60.8 Å². The predicted octanol–water partition coefficient (Wildman–Crippen LogP) is 6.32. The zero-order valence-corrected chi connectivity index (χ0v) is 29.9. The number of carbonyl (C=O) groups excluding carboxylic acids is 2. The van der Waals surface area contributed by atoms with E-state index in [0.717, 1.165) is 64.2 Å². The Labute approximate surface area is 294 Å². The summed E-state index contributed by atoms with van der Waals surface area (Å²) in [4.78, 5) is 25.1. The second-order valence-corrected chi connectivity index (χ2v) is 12.4. The Balaban J connectivity index is 2.47. The van der Waals surface area contributed by atoms with Crippen LogP contribution in [-0.2, 0) is 28.5 Å². The highest BCUT2D eigenvalue weighted by atomic mass is 16.7. The van der Waals surface area contributed by atoms with Crippen LogP contribution < -0.4 is 0 Å². The lowest BCUT2D eigenvalue weighted by atomic mass is 9.99. The number of unbranched alkanes of at least 4 members (excludes halogenated alkanes) is 10. The number of esters is 2. The van der Waals surface area contributed by atoms with Crippen molar-refractivity contribution in [2.75, 3.05) is 19.8 Å². The summed E-state index contributed by atoms with van der Waals surface area (Å²) in [6.45, 7) is 3.14. The van der Waals surface area contributed by atoms with E-state index in [2.05, 4.69) is 56.4 Å². The van der Waals surface area contributed by atoms with Gasteiger partial charge in [0.25, 0.3) is 0 Å². The van der Waals surface area contributed by atoms with Gasteiger partial charge in [-0.2, -0.15) is 0 Å². The summed E-state index contributed by atoms with van der Waals surface area (Å²) in [6, 6.07) is 0. The summed E-state index contributed by atoms with van der Waals surface area (Å²) in [5.41, 5.74) is 0. The summed E-state index contributed by atoms with van der Waals surface area (Å²) >= 11 is 0. The molecule has 0 aromatic carbocycles. The predicted molar refractivity (Wildman–Crippen MR) is 191 cm³/mol. The molecule has 0 bridgehead atoms. The highest BCUT2D eigenvalue weighted by molar-refractivity contribution is 5.70. The van der Waals surface area contributed by atoms with E-state index < -0.39 is 55.4 Å². The first-order valence-corrected chi connectivity index (χ1v) is 18.4. The van der Waals surface area contributed by atoms with E-state index in [1.165, 1.54) is 12.8 Å². The molecule has 0 aromatic rings. The molecule has 0 saturated carbocycles. The lowest BCUT2D eigenvalue weighted by molar-refractivity contribution is -0.305. The molecule has 280 valence electrons. The maximum Gasteiger partial charge on any atom is 0.306 e. The van der Waals surface area contributed by atoms with Gasteiger partial charge in [-0.05, 0) is 51.4 Å². The Morgan fingerprint density at radius 3 is 1.84 bits per heavy atom. The molecule has 6 atom stereocenters. The zero-order valence-electron chi connectivity index (χ0n) is 29.9. The molecule has 10 nitrogen and oxygen atoms in total. The van der Waals surface area contributed by atoms with Crippen LogP contribution in [0.25, 0.3) is 0 Å². The third-order valence-electron chi connectivity index (χ3n) is 7.98. The summed E-state index contributed by atoms with van der Waals surface area (Å²) in [6.07, 6.45) is 26.7. The number of hydrogen-bond acceptors (Lipinski definition) is 10. The van der Waals surface area contributed by atoms with E-state index in [4.69, 9.17) is 18.9 Å². The third kappa shape index (κ3) is 22.7. The fourth-order valence-corrected chi connectivity index (χ4v) is 4.99. The number of hydrogen-bond donors (Lipinski definition) is 4. The molecular weight excluding hydrogens is 628 g/mol. The van der Waals surface area contributed by atoms with Crippen molar-refractivity contribution in [3.8, 4) is 0 Å². The number of rotatable bonds is 28. The van der Waals surface area contributed by atoms with Gasteiger partial charge in [0.2, 0.25) is 0 Å². The Bertz CT molecular complexity index is 986. The molecule has 0 radical (unpaired) electrons. The van der Waals surface area contributed by atoms with E-state index in [0.29, 0.717) is 12.8 Å². The molecule has 1 fully saturated rings. The molecule has 0 spiro atoms. The summed E-state index contributed by atoms with van der Waals surface area (Å²) in [7, 11) is 0. The Morgan fingerprint density at radius 2 is 1.20 bits per heavy atom. The van der Waals surface area contributed by atoms with Crippen molar-refractivity contribution >= 4 is 11.9 Å². The standard InChI is InChI=1S/C39H64O10/c1-3-5-7-9-11-13-15-16-18-20-22-24-26-28-35(42)48-32(31-47-39-38(45)37(44)36(43)33(29-40)49-39)30-46-34(41)27-25-23-21-19-17-14-12-10-8-6-4-2/h5,7,9-15,17,32-33,36-40,43-45H,3-4,6,8,16,18-31H2,1-2H3/b7-5+,11-9+,12-10+,15-13+,17-14+/t32?,33-,36+,37?,38?,39-/m1/s1. The Morgan fingerprint density at radius 1 is 0.653 bits per heavy atom. The molecule has 1 heterocycles. The van der Waals surface area contributed by atoms with Crippen molar-refractivity contribution in [3.63, 3.8) is 0 Å². The van der Waals surface area contributed by atoms with Gasteiger partial charge in [-0.3, -0.25) is 9.59 Å². The average molecular weight is 693 g/mol. The average Bonchev–Trinajstić information content (AvgIpc) is 3.10. The van der Waals surface area contributed by atoms with Crippen LogP contribution in [-0.4, -0.2) is 89.0 Å².